The Bertz CT molecular complexity index is 660. The van der Waals surface area contributed by atoms with Gasteiger partial charge in [0.25, 0.3) is 5.91 Å². The van der Waals surface area contributed by atoms with Crippen molar-refractivity contribution in [2.24, 2.45) is 0 Å². The molecule has 0 aliphatic heterocycles. The maximum Gasteiger partial charge on any atom is 0.257 e. The molecule has 0 saturated heterocycles. The van der Waals surface area contributed by atoms with E-state index in [0.717, 1.165) is 11.4 Å². The van der Waals surface area contributed by atoms with E-state index in [-0.39, 0.29) is 11.4 Å². The summed E-state index contributed by atoms with van der Waals surface area (Å²) in [5, 5.41) is 0. The molecule has 0 unspecified atom stereocenters. The van der Waals surface area contributed by atoms with Gasteiger partial charge in [-0.15, -0.1) is 0 Å². The number of hydrogen-bond acceptors (Lipinski definition) is 4. The SMILES string of the molecule is CCN(Cc1cccc(C)n1)C(=O)c1ccnc(N)c1F. The highest BCUT2D eigenvalue weighted by molar-refractivity contribution is 5.95. The number of carbonyl (C=O) groups excluding carboxylic acids is 1. The van der Waals surface area contributed by atoms with Crippen LogP contribution in [0.3, 0.4) is 0 Å². The number of amides is 1. The van der Waals surface area contributed by atoms with Crippen LogP contribution < -0.4 is 5.73 Å². The molecule has 0 atom stereocenters. The Morgan fingerprint density at radius 3 is 2.81 bits per heavy atom. The molecule has 0 spiro atoms. The van der Waals surface area contributed by atoms with Gasteiger partial charge in [-0.2, -0.15) is 0 Å². The Kier molecular flexibility index (Phi) is 4.47. The Morgan fingerprint density at radius 1 is 1.38 bits per heavy atom. The van der Waals surface area contributed by atoms with Crippen LogP contribution in [-0.4, -0.2) is 27.3 Å². The number of nitrogens with zero attached hydrogens (tertiary/aromatic N) is 3. The highest BCUT2D eigenvalue weighted by atomic mass is 19.1. The zero-order valence-electron chi connectivity index (χ0n) is 12.0. The van der Waals surface area contributed by atoms with Gasteiger partial charge in [0.2, 0.25) is 0 Å². The lowest BCUT2D eigenvalue weighted by molar-refractivity contribution is 0.0745. The molecule has 2 rings (SSSR count). The Morgan fingerprint density at radius 2 is 2.14 bits per heavy atom. The van der Waals surface area contributed by atoms with Crippen molar-refractivity contribution >= 4 is 11.7 Å². The number of carbonyl (C=O) groups is 1. The third kappa shape index (κ3) is 3.34. The van der Waals surface area contributed by atoms with Gasteiger partial charge in [-0.3, -0.25) is 9.78 Å². The highest BCUT2D eigenvalue weighted by Gasteiger charge is 2.20. The van der Waals surface area contributed by atoms with Crippen molar-refractivity contribution < 1.29 is 9.18 Å². The van der Waals surface area contributed by atoms with Crippen LogP contribution in [-0.2, 0) is 6.54 Å². The van der Waals surface area contributed by atoms with E-state index in [1.54, 1.807) is 0 Å². The van der Waals surface area contributed by atoms with Gasteiger partial charge in [0, 0.05) is 18.4 Å². The van der Waals surface area contributed by atoms with Crippen molar-refractivity contribution in [1.29, 1.82) is 0 Å². The van der Waals surface area contributed by atoms with Crippen molar-refractivity contribution in [2.75, 3.05) is 12.3 Å². The molecule has 21 heavy (non-hydrogen) atoms. The number of halogens is 1. The van der Waals surface area contributed by atoms with Crippen molar-refractivity contribution in [3.8, 4) is 0 Å². The number of nitrogens with two attached hydrogens (primary N) is 1. The average molecular weight is 288 g/mol. The van der Waals surface area contributed by atoms with Gasteiger partial charge in [0.15, 0.2) is 11.6 Å². The van der Waals surface area contributed by atoms with Crippen molar-refractivity contribution in [3.05, 3.63) is 53.2 Å². The van der Waals surface area contributed by atoms with Crippen molar-refractivity contribution in [1.82, 2.24) is 14.9 Å². The summed E-state index contributed by atoms with van der Waals surface area (Å²) in [6.07, 6.45) is 1.32. The van der Waals surface area contributed by atoms with E-state index in [1.807, 2.05) is 32.0 Å². The second-order valence-electron chi connectivity index (χ2n) is 4.65. The molecule has 1 amide bonds. The fourth-order valence-corrected chi connectivity index (χ4v) is 2.01. The molecule has 2 heterocycles. The molecule has 0 saturated carbocycles. The number of hydrogen-bond donors (Lipinski definition) is 1. The molecular weight excluding hydrogens is 271 g/mol. The van der Waals surface area contributed by atoms with Gasteiger partial charge in [0.1, 0.15) is 0 Å². The second-order valence-corrected chi connectivity index (χ2v) is 4.65. The third-order valence-corrected chi connectivity index (χ3v) is 3.11. The zero-order valence-corrected chi connectivity index (χ0v) is 12.0. The van der Waals surface area contributed by atoms with Gasteiger partial charge < -0.3 is 10.6 Å². The lowest BCUT2D eigenvalue weighted by Crippen LogP contribution is -2.31. The first-order valence-electron chi connectivity index (χ1n) is 6.64. The van der Waals surface area contributed by atoms with Crippen LogP contribution >= 0.6 is 0 Å². The molecular formula is C15H17FN4O. The summed E-state index contributed by atoms with van der Waals surface area (Å²) in [4.78, 5) is 21.9. The minimum Gasteiger partial charge on any atom is -0.381 e. The van der Waals surface area contributed by atoms with Gasteiger partial charge in [-0.1, -0.05) is 6.07 Å². The van der Waals surface area contributed by atoms with E-state index < -0.39 is 11.7 Å². The van der Waals surface area contributed by atoms with E-state index in [9.17, 15) is 9.18 Å². The number of nitrogen functional groups attached to an aromatic ring is 1. The first-order chi connectivity index (χ1) is 10.0. The highest BCUT2D eigenvalue weighted by Crippen LogP contribution is 2.15. The molecule has 2 aromatic heterocycles. The summed E-state index contributed by atoms with van der Waals surface area (Å²) in [5.41, 5.74) is 6.96. The summed E-state index contributed by atoms with van der Waals surface area (Å²) >= 11 is 0. The summed E-state index contributed by atoms with van der Waals surface area (Å²) in [6, 6.07) is 6.92. The molecule has 0 radical (unpaired) electrons. The van der Waals surface area contributed by atoms with Crippen LogP contribution in [0.2, 0.25) is 0 Å². The number of aryl methyl sites for hydroxylation is 1. The smallest absolute Gasteiger partial charge is 0.257 e. The zero-order chi connectivity index (χ0) is 15.4. The van der Waals surface area contributed by atoms with Crippen LogP contribution in [0.5, 0.6) is 0 Å². The molecule has 110 valence electrons. The summed E-state index contributed by atoms with van der Waals surface area (Å²) in [6.45, 7) is 4.47. The summed E-state index contributed by atoms with van der Waals surface area (Å²) < 4.78 is 13.9. The Hall–Kier alpha value is -2.50. The molecule has 2 N–H and O–H groups in total. The fourth-order valence-electron chi connectivity index (χ4n) is 2.01. The molecule has 2 aromatic rings. The minimum atomic E-state index is -0.779. The van der Waals surface area contributed by atoms with Crippen LogP contribution in [0.25, 0.3) is 0 Å². The molecule has 6 heteroatoms. The maximum atomic E-state index is 13.9. The normalized spacial score (nSPS) is 10.4. The largest absolute Gasteiger partial charge is 0.381 e. The second kappa shape index (κ2) is 6.30. The summed E-state index contributed by atoms with van der Waals surface area (Å²) in [7, 11) is 0. The standard InChI is InChI=1S/C15H17FN4O/c1-3-20(9-11-6-4-5-10(2)19-11)15(21)12-7-8-18-14(17)13(12)16/h4-8H,3,9H2,1-2H3,(H2,17,18). The first kappa shape index (κ1) is 14.9. The van der Waals surface area contributed by atoms with Crippen LogP contribution in [0.15, 0.2) is 30.5 Å². The van der Waals surface area contributed by atoms with Crippen LogP contribution in [0.4, 0.5) is 10.2 Å². The van der Waals surface area contributed by atoms with Gasteiger partial charge in [0.05, 0.1) is 17.8 Å². The fraction of sp³-hybridized carbons (Fsp3) is 0.267. The lowest BCUT2D eigenvalue weighted by Gasteiger charge is -2.21. The van der Waals surface area contributed by atoms with E-state index >= 15 is 0 Å². The van der Waals surface area contributed by atoms with E-state index in [4.69, 9.17) is 5.73 Å². The molecule has 0 aliphatic carbocycles. The van der Waals surface area contributed by atoms with Crippen LogP contribution in [0.1, 0.15) is 28.7 Å². The van der Waals surface area contributed by atoms with Gasteiger partial charge in [-0.05, 0) is 32.0 Å². The van der Waals surface area contributed by atoms with Crippen molar-refractivity contribution in [2.45, 2.75) is 20.4 Å². The molecule has 0 aromatic carbocycles. The monoisotopic (exact) mass is 288 g/mol. The third-order valence-electron chi connectivity index (χ3n) is 3.11. The molecule has 0 fully saturated rings. The van der Waals surface area contributed by atoms with Gasteiger partial charge in [-0.25, -0.2) is 9.37 Å². The minimum absolute atomic E-state index is 0.0722. The number of anilines is 1. The van der Waals surface area contributed by atoms with E-state index in [0.29, 0.717) is 13.1 Å². The maximum absolute atomic E-state index is 13.9. The Labute approximate surface area is 122 Å². The van der Waals surface area contributed by atoms with E-state index in [2.05, 4.69) is 9.97 Å². The molecule has 0 bridgehead atoms. The number of aromatic nitrogens is 2. The van der Waals surface area contributed by atoms with Crippen LogP contribution in [0, 0.1) is 12.7 Å². The quantitative estimate of drug-likeness (QED) is 0.936. The van der Waals surface area contributed by atoms with E-state index in [1.165, 1.54) is 17.2 Å². The predicted molar refractivity (Wildman–Crippen MR) is 78.0 cm³/mol. The van der Waals surface area contributed by atoms with Crippen molar-refractivity contribution in [3.63, 3.8) is 0 Å². The number of rotatable bonds is 4. The average Bonchev–Trinajstić information content (AvgIpc) is 2.47. The Balaban J connectivity index is 2.25. The number of pyridine rings is 2. The van der Waals surface area contributed by atoms with Gasteiger partial charge >= 0.3 is 0 Å². The predicted octanol–water partition coefficient (Wildman–Crippen LogP) is 2.17. The first-order valence-corrected chi connectivity index (χ1v) is 6.64. The molecule has 0 aliphatic rings. The summed E-state index contributed by atoms with van der Waals surface area (Å²) in [5.74, 6) is -1.48. The molecule has 5 nitrogen and oxygen atoms in total. The topological polar surface area (TPSA) is 72.1 Å². The lowest BCUT2D eigenvalue weighted by atomic mass is 10.2.